The molecule has 5 heteroatoms. The normalized spacial score (nSPS) is 16.7. The summed E-state index contributed by atoms with van der Waals surface area (Å²) in [5.41, 5.74) is 5.48. The number of carboxylic acids is 1. The maximum Gasteiger partial charge on any atom is 0.307 e. The number of aryl methyl sites for hydroxylation is 2. The number of benzene rings is 3. The van der Waals surface area contributed by atoms with E-state index in [1.54, 1.807) is 0 Å². The molecule has 1 amide bonds. The quantitative estimate of drug-likeness (QED) is 0.328. The number of ether oxygens (including phenoxy) is 1. The van der Waals surface area contributed by atoms with Gasteiger partial charge < -0.3 is 15.2 Å². The molecule has 3 aromatic carbocycles. The van der Waals surface area contributed by atoms with Crippen LogP contribution >= 0.6 is 0 Å². The first-order chi connectivity index (χ1) is 16.8. The molecule has 0 radical (unpaired) electrons. The van der Waals surface area contributed by atoms with Crippen molar-refractivity contribution in [2.45, 2.75) is 51.9 Å². The number of carbonyl (C=O) groups excluding carboxylic acids is 1. The second-order valence-corrected chi connectivity index (χ2v) is 9.66. The van der Waals surface area contributed by atoms with Gasteiger partial charge in [-0.25, -0.2) is 0 Å². The molecular weight excluding hydrogens is 438 g/mol. The van der Waals surface area contributed by atoms with Gasteiger partial charge in [0.25, 0.3) is 5.91 Å². The van der Waals surface area contributed by atoms with Crippen molar-refractivity contribution < 1.29 is 19.4 Å². The summed E-state index contributed by atoms with van der Waals surface area (Å²) in [5.74, 6) is -0.314. The molecule has 0 unspecified atom stereocenters. The van der Waals surface area contributed by atoms with Crippen LogP contribution in [0.3, 0.4) is 0 Å². The molecule has 0 aromatic heterocycles. The Morgan fingerprint density at radius 2 is 1.83 bits per heavy atom. The van der Waals surface area contributed by atoms with Crippen molar-refractivity contribution >= 4 is 17.6 Å². The minimum atomic E-state index is -0.759. The van der Waals surface area contributed by atoms with Gasteiger partial charge in [0.1, 0.15) is 5.75 Å². The van der Waals surface area contributed by atoms with E-state index in [1.165, 1.54) is 5.56 Å². The van der Waals surface area contributed by atoms with E-state index >= 15 is 0 Å². The zero-order valence-electron chi connectivity index (χ0n) is 20.6. The molecule has 2 N–H and O–H groups in total. The average molecular weight is 472 g/mol. The standard InChI is InChI=1S/C30H33NO4/c1-19(2)25-17-23(35-15-7-10-21-8-5-4-6-9-21)13-14-24(25)29(32)31-28-16-22(12-11-20(28)3)26-18-27(26)30(33)34/h4-6,8-9,11-14,16-17,19,26-27H,7,10,15,18H2,1-3H3,(H,31,32)(H,33,34)/t26-,27-/m1/s1. The number of nitrogens with one attached hydrogen (secondary N) is 1. The molecule has 4 rings (SSSR count). The molecule has 0 aliphatic heterocycles. The molecule has 0 saturated heterocycles. The highest BCUT2D eigenvalue weighted by atomic mass is 16.5. The van der Waals surface area contributed by atoms with Crippen LogP contribution in [-0.2, 0) is 11.2 Å². The van der Waals surface area contributed by atoms with Crippen LogP contribution in [0.15, 0.2) is 66.7 Å². The zero-order chi connectivity index (χ0) is 24.9. The van der Waals surface area contributed by atoms with Crippen molar-refractivity contribution in [2.75, 3.05) is 11.9 Å². The predicted octanol–water partition coefficient (Wildman–Crippen LogP) is 6.57. The van der Waals surface area contributed by atoms with E-state index in [-0.39, 0.29) is 23.7 Å². The van der Waals surface area contributed by atoms with Crippen LogP contribution in [-0.4, -0.2) is 23.6 Å². The van der Waals surface area contributed by atoms with Crippen LogP contribution in [0.25, 0.3) is 0 Å². The highest BCUT2D eigenvalue weighted by Crippen LogP contribution is 2.48. The number of aliphatic carboxylic acids is 1. The van der Waals surface area contributed by atoms with Gasteiger partial charge in [0.15, 0.2) is 0 Å². The predicted molar refractivity (Wildman–Crippen MR) is 138 cm³/mol. The summed E-state index contributed by atoms with van der Waals surface area (Å²) in [6, 6.07) is 21.8. The van der Waals surface area contributed by atoms with Gasteiger partial charge in [-0.15, -0.1) is 0 Å². The topological polar surface area (TPSA) is 75.6 Å². The first-order valence-electron chi connectivity index (χ1n) is 12.3. The van der Waals surface area contributed by atoms with Gasteiger partial charge in [-0.3, -0.25) is 9.59 Å². The molecule has 1 fully saturated rings. The Kier molecular flexibility index (Phi) is 7.54. The summed E-state index contributed by atoms with van der Waals surface area (Å²) in [7, 11) is 0. The minimum absolute atomic E-state index is 0.0216. The highest BCUT2D eigenvalue weighted by molar-refractivity contribution is 6.06. The third-order valence-corrected chi connectivity index (χ3v) is 6.66. The fourth-order valence-electron chi connectivity index (χ4n) is 4.46. The van der Waals surface area contributed by atoms with Gasteiger partial charge in [0.05, 0.1) is 12.5 Å². The van der Waals surface area contributed by atoms with Crippen LogP contribution in [0.2, 0.25) is 0 Å². The first-order valence-corrected chi connectivity index (χ1v) is 12.3. The van der Waals surface area contributed by atoms with Gasteiger partial charge in [0.2, 0.25) is 0 Å². The van der Waals surface area contributed by atoms with Crippen LogP contribution in [0, 0.1) is 12.8 Å². The first kappa shape index (κ1) is 24.5. The molecule has 182 valence electrons. The molecule has 0 heterocycles. The van der Waals surface area contributed by atoms with Gasteiger partial charge in [-0.05, 0) is 84.5 Å². The van der Waals surface area contributed by atoms with Gasteiger partial charge in [-0.2, -0.15) is 0 Å². The van der Waals surface area contributed by atoms with Crippen LogP contribution < -0.4 is 10.1 Å². The molecular formula is C30H33NO4. The summed E-state index contributed by atoms with van der Waals surface area (Å²) < 4.78 is 5.99. The molecule has 1 aliphatic rings. The number of rotatable bonds is 10. The van der Waals surface area contributed by atoms with Gasteiger partial charge >= 0.3 is 5.97 Å². The number of carboxylic acid groups (broad SMARTS) is 1. The second-order valence-electron chi connectivity index (χ2n) is 9.66. The molecule has 5 nitrogen and oxygen atoms in total. The van der Waals surface area contributed by atoms with Crippen molar-refractivity contribution in [1.82, 2.24) is 0 Å². The molecule has 2 atom stereocenters. The Hall–Kier alpha value is -3.60. The second kappa shape index (κ2) is 10.8. The van der Waals surface area contributed by atoms with Crippen molar-refractivity contribution in [3.05, 3.63) is 94.5 Å². The van der Waals surface area contributed by atoms with Crippen LogP contribution in [0.4, 0.5) is 5.69 Å². The number of hydrogen-bond donors (Lipinski definition) is 2. The lowest BCUT2D eigenvalue weighted by atomic mass is 9.96. The van der Waals surface area contributed by atoms with E-state index in [1.807, 2.05) is 61.5 Å². The number of carbonyl (C=O) groups is 2. The van der Waals surface area contributed by atoms with E-state index in [9.17, 15) is 14.7 Å². The van der Waals surface area contributed by atoms with Crippen molar-refractivity contribution in [3.63, 3.8) is 0 Å². The number of anilines is 1. The lowest BCUT2D eigenvalue weighted by Crippen LogP contribution is -2.16. The zero-order valence-corrected chi connectivity index (χ0v) is 20.6. The summed E-state index contributed by atoms with van der Waals surface area (Å²) in [5, 5.41) is 12.3. The lowest BCUT2D eigenvalue weighted by Gasteiger charge is -2.16. The van der Waals surface area contributed by atoms with Gasteiger partial charge in [0, 0.05) is 11.3 Å². The Bertz CT molecular complexity index is 1200. The fourth-order valence-corrected chi connectivity index (χ4v) is 4.46. The van der Waals surface area contributed by atoms with E-state index in [4.69, 9.17) is 4.74 Å². The van der Waals surface area contributed by atoms with Crippen molar-refractivity contribution in [3.8, 4) is 5.75 Å². The smallest absolute Gasteiger partial charge is 0.307 e. The maximum atomic E-state index is 13.2. The molecule has 1 saturated carbocycles. The van der Waals surface area contributed by atoms with E-state index in [2.05, 4.69) is 31.3 Å². The SMILES string of the molecule is Cc1ccc([C@H]2C[C@H]2C(=O)O)cc1NC(=O)c1ccc(OCCCc2ccccc2)cc1C(C)C. The minimum Gasteiger partial charge on any atom is -0.494 e. The van der Waals surface area contributed by atoms with Crippen LogP contribution in [0.1, 0.15) is 71.1 Å². The van der Waals surface area contributed by atoms with Crippen molar-refractivity contribution in [1.29, 1.82) is 0 Å². The molecule has 3 aromatic rings. The van der Waals surface area contributed by atoms with Crippen LogP contribution in [0.5, 0.6) is 5.75 Å². The Labute approximate surface area is 207 Å². The van der Waals surface area contributed by atoms with E-state index < -0.39 is 5.97 Å². The summed E-state index contributed by atoms with van der Waals surface area (Å²) in [6.07, 6.45) is 2.53. The summed E-state index contributed by atoms with van der Waals surface area (Å²) >= 11 is 0. The molecule has 1 aliphatic carbocycles. The number of amides is 1. The molecule has 0 bridgehead atoms. The monoisotopic (exact) mass is 471 g/mol. The maximum absolute atomic E-state index is 13.2. The summed E-state index contributed by atoms with van der Waals surface area (Å²) in [6.45, 7) is 6.69. The Morgan fingerprint density at radius 3 is 2.51 bits per heavy atom. The third-order valence-electron chi connectivity index (χ3n) is 6.66. The van der Waals surface area contributed by atoms with Gasteiger partial charge in [-0.1, -0.05) is 56.3 Å². The van der Waals surface area contributed by atoms with E-state index in [0.717, 1.165) is 41.0 Å². The highest BCUT2D eigenvalue weighted by Gasteiger charge is 2.44. The lowest BCUT2D eigenvalue weighted by molar-refractivity contribution is -0.138. The average Bonchev–Trinajstić information content (AvgIpc) is 3.65. The fraction of sp³-hybridized carbons (Fsp3) is 0.333. The van der Waals surface area contributed by atoms with Crippen molar-refractivity contribution in [2.24, 2.45) is 5.92 Å². The Morgan fingerprint density at radius 1 is 1.06 bits per heavy atom. The Balaban J connectivity index is 1.42. The number of hydrogen-bond acceptors (Lipinski definition) is 3. The molecule has 35 heavy (non-hydrogen) atoms. The van der Waals surface area contributed by atoms with E-state index in [0.29, 0.717) is 18.6 Å². The molecule has 0 spiro atoms. The largest absolute Gasteiger partial charge is 0.494 e. The summed E-state index contributed by atoms with van der Waals surface area (Å²) in [4.78, 5) is 24.5. The third kappa shape index (κ3) is 6.10.